The van der Waals surface area contributed by atoms with E-state index in [4.69, 9.17) is 5.73 Å². The van der Waals surface area contributed by atoms with Gasteiger partial charge in [0, 0.05) is 12.6 Å². The van der Waals surface area contributed by atoms with Crippen molar-refractivity contribution in [1.29, 1.82) is 0 Å². The number of hydrogen-bond acceptors (Lipinski definition) is 3. The number of hydrogen-bond donors (Lipinski definition) is 2. The highest BCUT2D eigenvalue weighted by atomic mass is 79.9. The molecule has 0 spiro atoms. The van der Waals surface area contributed by atoms with Gasteiger partial charge in [-0.25, -0.2) is 9.37 Å². The van der Waals surface area contributed by atoms with Gasteiger partial charge in [0.1, 0.15) is 11.6 Å². The summed E-state index contributed by atoms with van der Waals surface area (Å²) in [5.41, 5.74) is 6.95. The molecule has 0 saturated carbocycles. The number of halogens is 2. The van der Waals surface area contributed by atoms with Crippen molar-refractivity contribution in [3.63, 3.8) is 0 Å². The van der Waals surface area contributed by atoms with E-state index in [0.717, 1.165) is 5.56 Å². The third kappa shape index (κ3) is 2.86. The molecule has 0 aliphatic rings. The molecule has 1 aromatic carbocycles. The normalized spacial score (nSPS) is 12.4. The second kappa shape index (κ2) is 5.46. The second-order valence-corrected chi connectivity index (χ2v) is 4.80. The van der Waals surface area contributed by atoms with E-state index in [1.165, 1.54) is 6.07 Å². The van der Waals surface area contributed by atoms with E-state index >= 15 is 0 Å². The molecule has 0 radical (unpaired) electrons. The fourth-order valence-electron chi connectivity index (χ4n) is 1.67. The number of nitrogens with two attached hydrogens (primary N) is 1. The van der Waals surface area contributed by atoms with Crippen LogP contribution in [0.5, 0.6) is 0 Å². The van der Waals surface area contributed by atoms with Crippen LogP contribution < -0.4 is 5.73 Å². The van der Waals surface area contributed by atoms with Gasteiger partial charge in [-0.3, -0.25) is 0 Å². The Morgan fingerprint density at radius 3 is 2.83 bits per heavy atom. The molecule has 0 saturated heterocycles. The quantitative estimate of drug-likeness (QED) is 0.916. The van der Waals surface area contributed by atoms with E-state index in [1.807, 2.05) is 0 Å². The maximum absolute atomic E-state index is 13.4. The first kappa shape index (κ1) is 13.0. The first-order valence-corrected chi connectivity index (χ1v) is 6.19. The fourth-order valence-corrected chi connectivity index (χ4v) is 1.92. The van der Waals surface area contributed by atoms with Crippen molar-refractivity contribution in [2.45, 2.75) is 12.5 Å². The Labute approximate surface area is 113 Å². The monoisotopic (exact) mass is 310 g/mol. The van der Waals surface area contributed by atoms with Gasteiger partial charge in [0.05, 0.1) is 10.6 Å². The largest absolute Gasteiger partial charge is 0.388 e. The molecule has 1 unspecified atom stereocenters. The van der Waals surface area contributed by atoms with Crippen molar-refractivity contribution in [2.75, 3.05) is 5.73 Å². The predicted octanol–water partition coefficient (Wildman–Crippen LogP) is 2.84. The summed E-state index contributed by atoms with van der Waals surface area (Å²) < 4.78 is 13.7. The first-order valence-electron chi connectivity index (χ1n) is 5.40. The molecule has 0 fully saturated rings. The minimum absolute atomic E-state index is 0.306. The van der Waals surface area contributed by atoms with Gasteiger partial charge in [-0.2, -0.15) is 0 Å². The molecular weight excluding hydrogens is 299 g/mol. The van der Waals surface area contributed by atoms with Crippen molar-refractivity contribution in [2.24, 2.45) is 0 Å². The highest BCUT2D eigenvalue weighted by Crippen LogP contribution is 2.24. The zero-order chi connectivity index (χ0) is 13.1. The van der Waals surface area contributed by atoms with Gasteiger partial charge >= 0.3 is 0 Å². The Hall–Kier alpha value is -1.46. The lowest BCUT2D eigenvalue weighted by molar-refractivity contribution is 0.178. The van der Waals surface area contributed by atoms with Crippen molar-refractivity contribution < 1.29 is 9.50 Å². The number of aliphatic hydroxyl groups excluding tert-OH is 1. The Bertz CT molecular complexity index is 562. The molecular formula is C13H12BrFN2O. The van der Waals surface area contributed by atoms with Gasteiger partial charge in [-0.1, -0.05) is 12.1 Å². The third-order valence-electron chi connectivity index (χ3n) is 2.67. The molecule has 0 bridgehead atoms. The van der Waals surface area contributed by atoms with Crippen molar-refractivity contribution in [3.05, 3.63) is 57.9 Å². The van der Waals surface area contributed by atoms with Crippen LogP contribution in [0.15, 0.2) is 41.0 Å². The summed E-state index contributed by atoms with van der Waals surface area (Å²) in [7, 11) is 0. The van der Waals surface area contributed by atoms with Gasteiger partial charge in [0.15, 0.2) is 0 Å². The minimum Gasteiger partial charge on any atom is -0.388 e. The molecule has 0 amide bonds. The molecule has 1 atom stereocenters. The standard InChI is InChI=1S/C13H12BrFN2O/c14-10-4-3-8(6-11(10)15)12(18)7-9-2-1-5-17-13(9)16/h1-6,12,18H,7H2,(H2,16,17). The highest BCUT2D eigenvalue weighted by molar-refractivity contribution is 9.10. The van der Waals surface area contributed by atoms with E-state index in [2.05, 4.69) is 20.9 Å². The minimum atomic E-state index is -0.806. The number of aromatic nitrogens is 1. The summed E-state index contributed by atoms with van der Waals surface area (Å²) in [6, 6.07) is 8.09. The number of anilines is 1. The molecule has 3 nitrogen and oxygen atoms in total. The van der Waals surface area contributed by atoms with Crippen LogP contribution in [0.4, 0.5) is 10.2 Å². The smallest absolute Gasteiger partial charge is 0.137 e. The molecule has 5 heteroatoms. The van der Waals surface area contributed by atoms with Crippen LogP contribution in [0, 0.1) is 5.82 Å². The number of nitrogens with zero attached hydrogens (tertiary/aromatic N) is 1. The van der Waals surface area contributed by atoms with Gasteiger partial charge < -0.3 is 10.8 Å². The lowest BCUT2D eigenvalue weighted by Crippen LogP contribution is -2.05. The van der Waals surface area contributed by atoms with Gasteiger partial charge in [-0.05, 0) is 45.3 Å². The number of rotatable bonds is 3. The average molecular weight is 311 g/mol. The van der Waals surface area contributed by atoms with Crippen LogP contribution >= 0.6 is 15.9 Å². The number of aliphatic hydroxyl groups is 1. The Morgan fingerprint density at radius 2 is 2.17 bits per heavy atom. The van der Waals surface area contributed by atoms with E-state index in [0.29, 0.717) is 22.3 Å². The van der Waals surface area contributed by atoms with Crippen LogP contribution in [-0.2, 0) is 6.42 Å². The summed E-state index contributed by atoms with van der Waals surface area (Å²) in [5, 5.41) is 10.0. The van der Waals surface area contributed by atoms with Gasteiger partial charge in [0.25, 0.3) is 0 Å². The summed E-state index contributed by atoms with van der Waals surface area (Å²) in [4.78, 5) is 3.94. The van der Waals surface area contributed by atoms with Crippen LogP contribution in [0.1, 0.15) is 17.2 Å². The van der Waals surface area contributed by atoms with E-state index < -0.39 is 11.9 Å². The molecule has 94 valence electrons. The zero-order valence-electron chi connectivity index (χ0n) is 9.48. The SMILES string of the molecule is Nc1ncccc1CC(O)c1ccc(Br)c(F)c1. The molecule has 3 N–H and O–H groups in total. The lowest BCUT2D eigenvalue weighted by Gasteiger charge is -2.12. The van der Waals surface area contributed by atoms with Crippen LogP contribution in [0.25, 0.3) is 0 Å². The van der Waals surface area contributed by atoms with Gasteiger partial charge in [-0.15, -0.1) is 0 Å². The van der Waals surface area contributed by atoms with Crippen molar-refractivity contribution >= 4 is 21.7 Å². The second-order valence-electron chi connectivity index (χ2n) is 3.94. The molecule has 0 aliphatic heterocycles. The summed E-state index contributed by atoms with van der Waals surface area (Å²) in [6.45, 7) is 0. The van der Waals surface area contributed by atoms with Crippen LogP contribution in [0.3, 0.4) is 0 Å². The fraction of sp³-hybridized carbons (Fsp3) is 0.154. The maximum Gasteiger partial charge on any atom is 0.137 e. The lowest BCUT2D eigenvalue weighted by atomic mass is 10.0. The topological polar surface area (TPSA) is 59.1 Å². The van der Waals surface area contributed by atoms with Gasteiger partial charge in [0.2, 0.25) is 0 Å². The average Bonchev–Trinajstić information content (AvgIpc) is 2.35. The van der Waals surface area contributed by atoms with E-state index in [9.17, 15) is 9.50 Å². The number of benzene rings is 1. The Balaban J connectivity index is 2.19. The third-order valence-corrected chi connectivity index (χ3v) is 3.31. The first-order chi connectivity index (χ1) is 8.58. The van der Waals surface area contributed by atoms with Crippen LogP contribution in [0.2, 0.25) is 0 Å². The maximum atomic E-state index is 13.4. The predicted molar refractivity (Wildman–Crippen MR) is 71.4 cm³/mol. The van der Waals surface area contributed by atoms with Crippen molar-refractivity contribution in [1.82, 2.24) is 4.98 Å². The molecule has 2 aromatic rings. The number of nitrogen functional groups attached to an aromatic ring is 1. The molecule has 2 rings (SSSR count). The molecule has 1 aromatic heterocycles. The molecule has 1 heterocycles. The van der Waals surface area contributed by atoms with Crippen LogP contribution in [-0.4, -0.2) is 10.1 Å². The Kier molecular flexibility index (Phi) is 3.93. The summed E-state index contributed by atoms with van der Waals surface area (Å²) in [5.74, 6) is -0.0140. The molecule has 18 heavy (non-hydrogen) atoms. The summed E-state index contributed by atoms with van der Waals surface area (Å²) in [6.07, 6.45) is 1.09. The van der Waals surface area contributed by atoms with Crippen molar-refractivity contribution in [3.8, 4) is 0 Å². The Morgan fingerprint density at radius 1 is 1.39 bits per heavy atom. The molecule has 0 aliphatic carbocycles. The zero-order valence-corrected chi connectivity index (χ0v) is 11.1. The number of pyridine rings is 1. The highest BCUT2D eigenvalue weighted by Gasteiger charge is 2.12. The van der Waals surface area contributed by atoms with E-state index in [-0.39, 0.29) is 0 Å². The van der Waals surface area contributed by atoms with E-state index in [1.54, 1.807) is 30.5 Å². The summed E-state index contributed by atoms with van der Waals surface area (Å²) >= 11 is 3.07.